The zero-order chi connectivity index (χ0) is 13.0. The van der Waals surface area contributed by atoms with Gasteiger partial charge in [0.25, 0.3) is 0 Å². The van der Waals surface area contributed by atoms with Crippen molar-refractivity contribution in [3.05, 3.63) is 42.4 Å². The molecule has 0 spiro atoms. The first-order chi connectivity index (χ1) is 8.72. The smallest absolute Gasteiger partial charge is 0.339 e. The Morgan fingerprint density at radius 1 is 1.39 bits per heavy atom. The lowest BCUT2D eigenvalue weighted by atomic mass is 10.2. The van der Waals surface area contributed by atoms with Gasteiger partial charge in [-0.1, -0.05) is 17.8 Å². The lowest BCUT2D eigenvalue weighted by Crippen LogP contribution is -2.06. The fourth-order valence-electron chi connectivity index (χ4n) is 1.37. The zero-order valence-electron chi connectivity index (χ0n) is 9.66. The molecule has 1 aromatic carbocycles. The average molecular weight is 261 g/mol. The van der Waals surface area contributed by atoms with Gasteiger partial charge in [-0.05, 0) is 18.2 Å². The molecule has 0 radical (unpaired) electrons. The standard InChI is InChI=1S/C12H11N3O2S/c1-17-12(16)8-3-2-4-9(11(8)13)18-10-5-6-14-7-15-10/h2-7H,13H2,1H3. The number of carbonyl (C=O) groups is 1. The Kier molecular flexibility index (Phi) is 3.78. The number of ether oxygens (including phenoxy) is 1. The summed E-state index contributed by atoms with van der Waals surface area (Å²) in [6, 6.07) is 6.99. The van der Waals surface area contributed by atoms with Gasteiger partial charge in [0.2, 0.25) is 0 Å². The lowest BCUT2D eigenvalue weighted by Gasteiger charge is -2.08. The third kappa shape index (κ3) is 2.60. The van der Waals surface area contributed by atoms with Crippen molar-refractivity contribution in [2.45, 2.75) is 9.92 Å². The molecule has 0 aliphatic rings. The molecule has 0 saturated carbocycles. The highest BCUT2D eigenvalue weighted by molar-refractivity contribution is 7.99. The largest absolute Gasteiger partial charge is 0.465 e. The number of para-hydroxylation sites is 1. The van der Waals surface area contributed by atoms with Crippen LogP contribution in [0.3, 0.4) is 0 Å². The summed E-state index contributed by atoms with van der Waals surface area (Å²) >= 11 is 1.37. The van der Waals surface area contributed by atoms with Crippen molar-refractivity contribution in [1.82, 2.24) is 9.97 Å². The molecule has 0 bridgehead atoms. The second-order valence-corrected chi connectivity index (χ2v) is 4.42. The van der Waals surface area contributed by atoms with Gasteiger partial charge in [-0.2, -0.15) is 0 Å². The summed E-state index contributed by atoms with van der Waals surface area (Å²) in [7, 11) is 1.33. The monoisotopic (exact) mass is 261 g/mol. The molecule has 0 atom stereocenters. The summed E-state index contributed by atoms with van der Waals surface area (Å²) in [6.07, 6.45) is 3.11. The van der Waals surface area contributed by atoms with Crippen molar-refractivity contribution in [1.29, 1.82) is 0 Å². The summed E-state index contributed by atoms with van der Waals surface area (Å²) in [5.41, 5.74) is 6.70. The van der Waals surface area contributed by atoms with Crippen LogP contribution < -0.4 is 5.73 Å². The molecule has 0 fully saturated rings. The maximum absolute atomic E-state index is 11.5. The predicted molar refractivity (Wildman–Crippen MR) is 68.3 cm³/mol. The molecule has 1 heterocycles. The number of hydrogen-bond acceptors (Lipinski definition) is 6. The van der Waals surface area contributed by atoms with E-state index in [0.29, 0.717) is 11.3 Å². The summed E-state index contributed by atoms with van der Waals surface area (Å²) in [5, 5.41) is 0.763. The maximum Gasteiger partial charge on any atom is 0.339 e. The van der Waals surface area contributed by atoms with E-state index in [-0.39, 0.29) is 0 Å². The molecular formula is C12H11N3O2S. The molecule has 92 valence electrons. The quantitative estimate of drug-likeness (QED) is 0.517. The first kappa shape index (κ1) is 12.4. The summed E-state index contributed by atoms with van der Waals surface area (Å²) < 4.78 is 4.67. The number of nitrogens with two attached hydrogens (primary N) is 1. The van der Waals surface area contributed by atoms with Gasteiger partial charge in [0.1, 0.15) is 11.4 Å². The molecular weight excluding hydrogens is 250 g/mol. The minimum absolute atomic E-state index is 0.358. The van der Waals surface area contributed by atoms with Gasteiger partial charge >= 0.3 is 5.97 Å². The van der Waals surface area contributed by atoms with E-state index in [1.165, 1.54) is 25.2 Å². The zero-order valence-corrected chi connectivity index (χ0v) is 10.5. The number of aromatic nitrogens is 2. The van der Waals surface area contributed by atoms with Crippen LogP contribution in [0.4, 0.5) is 5.69 Å². The lowest BCUT2D eigenvalue weighted by molar-refractivity contribution is 0.0601. The van der Waals surface area contributed by atoms with Gasteiger partial charge in [0.15, 0.2) is 0 Å². The second kappa shape index (κ2) is 5.50. The predicted octanol–water partition coefficient (Wildman–Crippen LogP) is 2.00. The van der Waals surface area contributed by atoms with E-state index in [1.807, 2.05) is 6.07 Å². The minimum Gasteiger partial charge on any atom is -0.465 e. The maximum atomic E-state index is 11.5. The Labute approximate surface area is 108 Å². The fourth-order valence-corrected chi connectivity index (χ4v) is 2.19. The Hall–Kier alpha value is -2.08. The number of carbonyl (C=O) groups excluding carboxylic acids is 1. The Balaban J connectivity index is 2.32. The molecule has 2 aromatic rings. The molecule has 0 saturated heterocycles. The van der Waals surface area contributed by atoms with Crippen LogP contribution >= 0.6 is 11.8 Å². The first-order valence-corrected chi connectivity index (χ1v) is 5.94. The highest BCUT2D eigenvalue weighted by atomic mass is 32.2. The Morgan fingerprint density at radius 2 is 2.22 bits per heavy atom. The van der Waals surface area contributed by atoms with Gasteiger partial charge in [0, 0.05) is 11.1 Å². The van der Waals surface area contributed by atoms with Crippen LogP contribution in [0.2, 0.25) is 0 Å². The van der Waals surface area contributed by atoms with Crippen LogP contribution in [0.1, 0.15) is 10.4 Å². The van der Waals surface area contributed by atoms with Crippen molar-refractivity contribution in [3.8, 4) is 0 Å². The van der Waals surface area contributed by atoms with Crippen molar-refractivity contribution in [2.24, 2.45) is 0 Å². The Morgan fingerprint density at radius 3 is 2.89 bits per heavy atom. The molecule has 0 aliphatic heterocycles. The van der Waals surface area contributed by atoms with Crippen LogP contribution in [0.25, 0.3) is 0 Å². The second-order valence-electron chi connectivity index (χ2n) is 3.36. The van der Waals surface area contributed by atoms with E-state index in [0.717, 1.165) is 9.92 Å². The van der Waals surface area contributed by atoms with Crippen LogP contribution in [0.15, 0.2) is 46.7 Å². The average Bonchev–Trinajstić information content (AvgIpc) is 2.41. The Bertz CT molecular complexity index is 561. The highest BCUT2D eigenvalue weighted by Crippen LogP contribution is 2.32. The van der Waals surface area contributed by atoms with Crippen molar-refractivity contribution < 1.29 is 9.53 Å². The summed E-state index contributed by atoms with van der Waals surface area (Å²) in [4.78, 5) is 20.2. The normalized spacial score (nSPS) is 10.1. The van der Waals surface area contributed by atoms with Gasteiger partial charge in [-0.15, -0.1) is 0 Å². The first-order valence-electron chi connectivity index (χ1n) is 5.13. The van der Waals surface area contributed by atoms with Gasteiger partial charge in [-0.25, -0.2) is 14.8 Å². The van der Waals surface area contributed by atoms with Crippen molar-refractivity contribution in [3.63, 3.8) is 0 Å². The number of methoxy groups -OCH3 is 1. The molecule has 18 heavy (non-hydrogen) atoms. The number of nitrogens with zero attached hydrogens (tertiary/aromatic N) is 2. The van der Waals surface area contributed by atoms with Crippen molar-refractivity contribution >= 4 is 23.4 Å². The van der Waals surface area contributed by atoms with Crippen molar-refractivity contribution in [2.75, 3.05) is 12.8 Å². The van der Waals surface area contributed by atoms with Gasteiger partial charge in [0.05, 0.1) is 18.4 Å². The molecule has 2 N–H and O–H groups in total. The third-order valence-corrected chi connectivity index (χ3v) is 3.27. The topological polar surface area (TPSA) is 78.1 Å². The number of hydrogen-bond donors (Lipinski definition) is 1. The molecule has 0 amide bonds. The molecule has 2 rings (SSSR count). The molecule has 1 aromatic heterocycles. The summed E-state index contributed by atoms with van der Waals surface area (Å²) in [5.74, 6) is -0.447. The number of benzene rings is 1. The van der Waals surface area contributed by atoms with E-state index in [4.69, 9.17) is 5.73 Å². The van der Waals surface area contributed by atoms with E-state index < -0.39 is 5.97 Å². The molecule has 5 nitrogen and oxygen atoms in total. The molecule has 0 unspecified atom stereocenters. The number of anilines is 1. The minimum atomic E-state index is -0.447. The van der Waals surface area contributed by atoms with E-state index in [2.05, 4.69) is 14.7 Å². The van der Waals surface area contributed by atoms with E-state index >= 15 is 0 Å². The fraction of sp³-hybridized carbons (Fsp3) is 0.0833. The van der Waals surface area contributed by atoms with E-state index in [9.17, 15) is 4.79 Å². The number of rotatable bonds is 3. The summed E-state index contributed by atoms with van der Waals surface area (Å²) in [6.45, 7) is 0. The SMILES string of the molecule is COC(=O)c1cccc(Sc2ccncn2)c1N. The molecule has 6 heteroatoms. The number of esters is 1. The third-order valence-electron chi connectivity index (χ3n) is 2.24. The van der Waals surface area contributed by atoms with Crippen LogP contribution in [0.5, 0.6) is 0 Å². The van der Waals surface area contributed by atoms with Crippen LogP contribution in [0, 0.1) is 0 Å². The number of nitrogen functional groups attached to an aromatic ring is 1. The molecule has 0 aliphatic carbocycles. The van der Waals surface area contributed by atoms with Gasteiger partial charge in [-0.3, -0.25) is 0 Å². The van der Waals surface area contributed by atoms with Crippen LogP contribution in [-0.2, 0) is 4.74 Å². The van der Waals surface area contributed by atoms with E-state index in [1.54, 1.807) is 24.4 Å². The van der Waals surface area contributed by atoms with Gasteiger partial charge < -0.3 is 10.5 Å². The van der Waals surface area contributed by atoms with Crippen LogP contribution in [-0.4, -0.2) is 23.0 Å². The highest BCUT2D eigenvalue weighted by Gasteiger charge is 2.13.